The first-order chi connectivity index (χ1) is 12.5. The Bertz CT molecular complexity index is 810. The fourth-order valence-corrected chi connectivity index (χ4v) is 2.47. The van der Waals surface area contributed by atoms with E-state index in [9.17, 15) is 9.59 Å². The molecule has 2 amide bonds. The van der Waals surface area contributed by atoms with Gasteiger partial charge in [-0.05, 0) is 30.3 Å². The number of carbonyl (C=O) groups is 2. The number of carbonyl (C=O) groups excluding carboxylic acids is 2. The van der Waals surface area contributed by atoms with Gasteiger partial charge in [0.05, 0.1) is 26.4 Å². The van der Waals surface area contributed by atoms with Crippen molar-refractivity contribution in [3.05, 3.63) is 41.4 Å². The van der Waals surface area contributed by atoms with Crippen LogP contribution in [0.15, 0.2) is 36.4 Å². The van der Waals surface area contributed by atoms with Crippen LogP contribution in [0.1, 0.15) is 6.42 Å². The molecular weight excluding hydrogens is 360 g/mol. The van der Waals surface area contributed by atoms with Gasteiger partial charge < -0.3 is 24.8 Å². The van der Waals surface area contributed by atoms with Gasteiger partial charge in [-0.25, -0.2) is 0 Å². The molecule has 0 saturated carbocycles. The van der Waals surface area contributed by atoms with Gasteiger partial charge in [-0.15, -0.1) is 0 Å². The van der Waals surface area contributed by atoms with E-state index in [-0.39, 0.29) is 6.42 Å². The minimum Gasteiger partial charge on any atom is -0.495 e. The predicted molar refractivity (Wildman–Crippen MR) is 99.4 cm³/mol. The van der Waals surface area contributed by atoms with Crippen molar-refractivity contribution in [3.63, 3.8) is 0 Å². The van der Waals surface area contributed by atoms with Crippen molar-refractivity contribution in [1.82, 2.24) is 0 Å². The summed E-state index contributed by atoms with van der Waals surface area (Å²) in [5.41, 5.74) is 0.965. The van der Waals surface area contributed by atoms with Crippen LogP contribution in [0.3, 0.4) is 0 Å². The summed E-state index contributed by atoms with van der Waals surface area (Å²) < 4.78 is 15.3. The van der Waals surface area contributed by atoms with E-state index < -0.39 is 11.8 Å². The predicted octanol–water partition coefficient (Wildman–Crippen LogP) is 3.33. The van der Waals surface area contributed by atoms with Crippen molar-refractivity contribution >= 4 is 34.8 Å². The lowest BCUT2D eigenvalue weighted by molar-refractivity contribution is -0.123. The van der Waals surface area contributed by atoms with Crippen molar-refractivity contribution in [1.29, 1.82) is 0 Å². The van der Waals surface area contributed by atoms with E-state index in [1.54, 1.807) is 36.4 Å². The molecule has 138 valence electrons. The van der Waals surface area contributed by atoms with Gasteiger partial charge in [0.15, 0.2) is 11.5 Å². The molecule has 26 heavy (non-hydrogen) atoms. The molecule has 0 atom stereocenters. The van der Waals surface area contributed by atoms with Crippen LogP contribution in [0.4, 0.5) is 11.4 Å². The minimum atomic E-state index is -0.468. The zero-order valence-electron chi connectivity index (χ0n) is 14.6. The van der Waals surface area contributed by atoms with E-state index in [0.29, 0.717) is 33.6 Å². The molecule has 0 heterocycles. The van der Waals surface area contributed by atoms with Crippen LogP contribution in [0.5, 0.6) is 17.2 Å². The molecule has 0 radical (unpaired) electrons. The van der Waals surface area contributed by atoms with Crippen molar-refractivity contribution < 1.29 is 23.8 Å². The van der Waals surface area contributed by atoms with Crippen LogP contribution in [-0.4, -0.2) is 33.1 Å². The van der Waals surface area contributed by atoms with E-state index in [1.807, 2.05) is 0 Å². The lowest BCUT2D eigenvalue weighted by atomic mass is 10.2. The summed E-state index contributed by atoms with van der Waals surface area (Å²) in [5.74, 6) is 0.580. The largest absolute Gasteiger partial charge is 0.495 e. The molecule has 0 spiro atoms. The highest BCUT2D eigenvalue weighted by atomic mass is 35.5. The maximum Gasteiger partial charge on any atom is 0.233 e. The van der Waals surface area contributed by atoms with Gasteiger partial charge in [-0.1, -0.05) is 11.6 Å². The van der Waals surface area contributed by atoms with E-state index in [0.717, 1.165) is 0 Å². The number of halogens is 1. The second-order valence-corrected chi connectivity index (χ2v) is 5.60. The van der Waals surface area contributed by atoms with Crippen LogP contribution >= 0.6 is 11.6 Å². The molecule has 0 aliphatic rings. The molecule has 2 rings (SSSR count). The van der Waals surface area contributed by atoms with Gasteiger partial charge in [0.25, 0.3) is 0 Å². The summed E-state index contributed by atoms with van der Waals surface area (Å²) in [7, 11) is 4.51. The monoisotopic (exact) mass is 378 g/mol. The fourth-order valence-electron chi connectivity index (χ4n) is 2.21. The maximum atomic E-state index is 12.0. The second-order valence-electron chi connectivity index (χ2n) is 5.19. The SMILES string of the molecule is COc1ccc(NC(=O)CC(=O)Nc2ccc(OC)c(OC)c2)cc1Cl. The molecule has 0 unspecified atom stereocenters. The van der Waals surface area contributed by atoms with Gasteiger partial charge in [-0.2, -0.15) is 0 Å². The molecule has 2 N–H and O–H groups in total. The first-order valence-electron chi connectivity index (χ1n) is 7.62. The van der Waals surface area contributed by atoms with Crippen molar-refractivity contribution in [3.8, 4) is 17.2 Å². The lowest BCUT2D eigenvalue weighted by Gasteiger charge is -2.11. The standard InChI is InChI=1S/C18H19ClN2O5/c1-24-14-6-4-11(8-13(14)19)20-17(22)10-18(23)21-12-5-7-15(25-2)16(9-12)26-3/h4-9H,10H2,1-3H3,(H,20,22)(H,21,23). The van der Waals surface area contributed by atoms with Crippen LogP contribution in [0.25, 0.3) is 0 Å². The Morgan fingerprint density at radius 1 is 0.808 bits per heavy atom. The van der Waals surface area contributed by atoms with Gasteiger partial charge >= 0.3 is 0 Å². The normalized spacial score (nSPS) is 10.0. The van der Waals surface area contributed by atoms with Gasteiger partial charge in [0.1, 0.15) is 12.2 Å². The van der Waals surface area contributed by atoms with Crippen LogP contribution in [-0.2, 0) is 9.59 Å². The molecule has 0 aliphatic heterocycles. The van der Waals surface area contributed by atoms with E-state index in [2.05, 4.69) is 10.6 Å². The first-order valence-corrected chi connectivity index (χ1v) is 8.00. The van der Waals surface area contributed by atoms with Crippen molar-refractivity contribution in [2.24, 2.45) is 0 Å². The highest BCUT2D eigenvalue weighted by molar-refractivity contribution is 6.32. The Balaban J connectivity index is 1.95. The van der Waals surface area contributed by atoms with Crippen molar-refractivity contribution in [2.45, 2.75) is 6.42 Å². The summed E-state index contributed by atoms with van der Waals surface area (Å²) in [6, 6.07) is 9.73. The van der Waals surface area contributed by atoms with Gasteiger partial charge in [-0.3, -0.25) is 9.59 Å². The minimum absolute atomic E-state index is 0.349. The molecule has 0 aliphatic carbocycles. The first kappa shape index (κ1) is 19.4. The third-order valence-corrected chi connectivity index (χ3v) is 3.72. The number of benzene rings is 2. The highest BCUT2D eigenvalue weighted by Crippen LogP contribution is 2.30. The quantitative estimate of drug-likeness (QED) is 0.722. The van der Waals surface area contributed by atoms with Crippen LogP contribution in [0.2, 0.25) is 5.02 Å². The Hall–Kier alpha value is -2.93. The summed E-state index contributed by atoms with van der Waals surface area (Å²) >= 11 is 6.00. The summed E-state index contributed by atoms with van der Waals surface area (Å²) in [5, 5.41) is 5.60. The molecule has 8 heteroatoms. The second kappa shape index (κ2) is 8.96. The smallest absolute Gasteiger partial charge is 0.233 e. The molecule has 0 fully saturated rings. The van der Waals surface area contributed by atoms with Gasteiger partial charge in [0.2, 0.25) is 11.8 Å². The number of hydrogen-bond acceptors (Lipinski definition) is 5. The number of nitrogens with one attached hydrogen (secondary N) is 2. The molecule has 0 aromatic heterocycles. The zero-order chi connectivity index (χ0) is 19.1. The summed E-state index contributed by atoms with van der Waals surface area (Å²) in [6.07, 6.45) is -0.349. The number of amides is 2. The number of methoxy groups -OCH3 is 3. The summed E-state index contributed by atoms with van der Waals surface area (Å²) in [6.45, 7) is 0. The number of ether oxygens (including phenoxy) is 3. The molecule has 2 aromatic rings. The molecule has 0 saturated heterocycles. The Labute approximate surface area is 156 Å². The Morgan fingerprint density at radius 3 is 1.81 bits per heavy atom. The van der Waals surface area contributed by atoms with Crippen LogP contribution in [0, 0.1) is 0 Å². The average Bonchev–Trinajstić information content (AvgIpc) is 2.61. The Morgan fingerprint density at radius 2 is 1.31 bits per heavy atom. The number of hydrogen-bond donors (Lipinski definition) is 2. The third kappa shape index (κ3) is 5.03. The molecule has 7 nitrogen and oxygen atoms in total. The fraction of sp³-hybridized carbons (Fsp3) is 0.222. The number of rotatable bonds is 7. The summed E-state index contributed by atoms with van der Waals surface area (Å²) in [4.78, 5) is 24.1. The average molecular weight is 379 g/mol. The highest BCUT2D eigenvalue weighted by Gasteiger charge is 2.12. The molecule has 0 bridgehead atoms. The zero-order valence-corrected chi connectivity index (χ0v) is 15.3. The van der Waals surface area contributed by atoms with E-state index >= 15 is 0 Å². The van der Waals surface area contributed by atoms with Crippen LogP contribution < -0.4 is 24.8 Å². The third-order valence-electron chi connectivity index (χ3n) is 3.42. The maximum absolute atomic E-state index is 12.0. The van der Waals surface area contributed by atoms with Crippen molar-refractivity contribution in [2.75, 3.05) is 32.0 Å². The number of anilines is 2. The van der Waals surface area contributed by atoms with E-state index in [4.69, 9.17) is 25.8 Å². The van der Waals surface area contributed by atoms with E-state index in [1.165, 1.54) is 21.3 Å². The molecule has 2 aromatic carbocycles. The van der Waals surface area contributed by atoms with Gasteiger partial charge in [0, 0.05) is 17.4 Å². The lowest BCUT2D eigenvalue weighted by Crippen LogP contribution is -2.21. The Kier molecular flexibility index (Phi) is 6.68. The molecular formula is C18H19ClN2O5. The topological polar surface area (TPSA) is 85.9 Å².